The first kappa shape index (κ1) is 14.4. The molecule has 0 spiro atoms. The Morgan fingerprint density at radius 2 is 2.25 bits per heavy atom. The van der Waals surface area contributed by atoms with Crippen molar-refractivity contribution in [2.75, 3.05) is 26.0 Å². The number of halogens is 1. The SMILES string of the molecule is CCNc1ncc(Br)c(-n2ccc(C(=O)N(C)C)n2)n1. The van der Waals surface area contributed by atoms with Gasteiger partial charge in [-0.25, -0.2) is 9.67 Å². The fourth-order valence-electron chi connectivity index (χ4n) is 1.55. The van der Waals surface area contributed by atoms with E-state index >= 15 is 0 Å². The fourth-order valence-corrected chi connectivity index (χ4v) is 1.92. The van der Waals surface area contributed by atoms with Gasteiger partial charge in [0.2, 0.25) is 5.95 Å². The minimum absolute atomic E-state index is 0.152. The minimum Gasteiger partial charge on any atom is -0.354 e. The summed E-state index contributed by atoms with van der Waals surface area (Å²) in [6.45, 7) is 2.69. The standard InChI is InChI=1S/C12H15BrN6O/c1-4-14-12-15-7-8(13)10(16-12)19-6-5-9(17-19)11(20)18(2)3/h5-7H,4H2,1-3H3,(H,14,15,16). The number of aromatic nitrogens is 4. The molecule has 1 amide bonds. The molecule has 0 saturated carbocycles. The van der Waals surface area contributed by atoms with Crippen LogP contribution in [0.2, 0.25) is 0 Å². The lowest BCUT2D eigenvalue weighted by Gasteiger charge is -2.08. The predicted octanol–water partition coefficient (Wildman–Crippen LogP) is 1.56. The van der Waals surface area contributed by atoms with Gasteiger partial charge in [0.25, 0.3) is 5.91 Å². The zero-order chi connectivity index (χ0) is 14.7. The maximum Gasteiger partial charge on any atom is 0.273 e. The topological polar surface area (TPSA) is 75.9 Å². The molecule has 0 atom stereocenters. The highest BCUT2D eigenvalue weighted by Gasteiger charge is 2.14. The van der Waals surface area contributed by atoms with Crippen molar-refractivity contribution in [3.8, 4) is 5.82 Å². The molecular weight excluding hydrogens is 324 g/mol. The van der Waals surface area contributed by atoms with Crippen LogP contribution in [0, 0.1) is 0 Å². The number of carbonyl (C=O) groups excluding carboxylic acids is 1. The number of rotatable bonds is 4. The smallest absolute Gasteiger partial charge is 0.273 e. The normalized spacial score (nSPS) is 10.4. The molecule has 7 nitrogen and oxygen atoms in total. The summed E-state index contributed by atoms with van der Waals surface area (Å²) in [5.41, 5.74) is 0.366. The van der Waals surface area contributed by atoms with Crippen molar-refractivity contribution >= 4 is 27.8 Å². The minimum atomic E-state index is -0.152. The summed E-state index contributed by atoms with van der Waals surface area (Å²) in [5, 5.41) is 7.27. The second-order valence-corrected chi connectivity index (χ2v) is 5.09. The Hall–Kier alpha value is -1.96. The summed E-state index contributed by atoms with van der Waals surface area (Å²) in [6, 6.07) is 1.66. The summed E-state index contributed by atoms with van der Waals surface area (Å²) < 4.78 is 2.25. The Bertz CT molecular complexity index is 624. The largest absolute Gasteiger partial charge is 0.354 e. The van der Waals surface area contributed by atoms with Gasteiger partial charge in [0.15, 0.2) is 11.5 Å². The molecular formula is C12H15BrN6O. The molecule has 1 N–H and O–H groups in total. The van der Waals surface area contributed by atoms with Crippen LogP contribution >= 0.6 is 15.9 Å². The molecule has 0 bridgehead atoms. The highest BCUT2D eigenvalue weighted by molar-refractivity contribution is 9.10. The van der Waals surface area contributed by atoms with Crippen LogP contribution in [0.4, 0.5) is 5.95 Å². The van der Waals surface area contributed by atoms with Crippen molar-refractivity contribution in [3.05, 3.63) is 28.6 Å². The third-order valence-electron chi connectivity index (χ3n) is 2.49. The highest BCUT2D eigenvalue weighted by atomic mass is 79.9. The van der Waals surface area contributed by atoms with E-state index in [0.717, 1.165) is 6.54 Å². The van der Waals surface area contributed by atoms with E-state index in [-0.39, 0.29) is 5.91 Å². The van der Waals surface area contributed by atoms with Crippen molar-refractivity contribution in [2.45, 2.75) is 6.92 Å². The van der Waals surface area contributed by atoms with Gasteiger partial charge in [-0.2, -0.15) is 10.1 Å². The summed E-state index contributed by atoms with van der Waals surface area (Å²) in [6.07, 6.45) is 3.34. The zero-order valence-electron chi connectivity index (χ0n) is 11.5. The van der Waals surface area contributed by atoms with Crippen LogP contribution in [0.1, 0.15) is 17.4 Å². The van der Waals surface area contributed by atoms with Gasteiger partial charge in [0.05, 0.1) is 4.47 Å². The second-order valence-electron chi connectivity index (χ2n) is 4.24. The maximum absolute atomic E-state index is 11.8. The van der Waals surface area contributed by atoms with Gasteiger partial charge in [-0.3, -0.25) is 4.79 Å². The van der Waals surface area contributed by atoms with E-state index < -0.39 is 0 Å². The van der Waals surface area contributed by atoms with Crippen molar-refractivity contribution in [2.24, 2.45) is 0 Å². The summed E-state index contributed by atoms with van der Waals surface area (Å²) in [4.78, 5) is 21.8. The second kappa shape index (κ2) is 6.00. The first-order valence-corrected chi connectivity index (χ1v) is 6.86. The van der Waals surface area contributed by atoms with Crippen molar-refractivity contribution < 1.29 is 4.79 Å². The Balaban J connectivity index is 2.36. The molecule has 2 heterocycles. The average molecular weight is 339 g/mol. The molecule has 0 fully saturated rings. The van der Waals surface area contributed by atoms with Gasteiger partial charge in [-0.15, -0.1) is 0 Å². The lowest BCUT2D eigenvalue weighted by molar-refractivity contribution is 0.0821. The van der Waals surface area contributed by atoms with Crippen LogP contribution in [0.5, 0.6) is 0 Å². The van der Waals surface area contributed by atoms with E-state index in [0.29, 0.717) is 21.9 Å². The Kier molecular flexibility index (Phi) is 4.33. The molecule has 0 radical (unpaired) electrons. The number of hydrogen-bond acceptors (Lipinski definition) is 5. The number of carbonyl (C=O) groups is 1. The third-order valence-corrected chi connectivity index (χ3v) is 3.05. The van der Waals surface area contributed by atoms with Crippen LogP contribution in [-0.4, -0.2) is 51.2 Å². The molecule has 0 aliphatic heterocycles. The van der Waals surface area contributed by atoms with Crippen LogP contribution in [-0.2, 0) is 0 Å². The molecule has 20 heavy (non-hydrogen) atoms. The van der Waals surface area contributed by atoms with Crippen LogP contribution in [0.3, 0.4) is 0 Å². The van der Waals surface area contributed by atoms with Gasteiger partial charge in [0, 0.05) is 33.0 Å². The van der Waals surface area contributed by atoms with Crippen LogP contribution in [0.15, 0.2) is 22.9 Å². The number of anilines is 1. The van der Waals surface area contributed by atoms with E-state index in [2.05, 4.69) is 36.3 Å². The van der Waals surface area contributed by atoms with Crippen LogP contribution < -0.4 is 5.32 Å². The third kappa shape index (κ3) is 2.96. The quantitative estimate of drug-likeness (QED) is 0.915. The molecule has 0 saturated heterocycles. The van der Waals surface area contributed by atoms with Gasteiger partial charge in [-0.05, 0) is 28.9 Å². The molecule has 8 heteroatoms. The van der Waals surface area contributed by atoms with Gasteiger partial charge in [-0.1, -0.05) is 0 Å². The number of amides is 1. The molecule has 0 unspecified atom stereocenters. The van der Waals surface area contributed by atoms with Gasteiger partial charge >= 0.3 is 0 Å². The predicted molar refractivity (Wildman–Crippen MR) is 79.0 cm³/mol. The molecule has 0 aromatic carbocycles. The molecule has 2 aromatic heterocycles. The Morgan fingerprint density at radius 1 is 1.50 bits per heavy atom. The maximum atomic E-state index is 11.8. The zero-order valence-corrected chi connectivity index (χ0v) is 13.0. The molecule has 2 aromatic rings. The van der Waals surface area contributed by atoms with E-state index in [9.17, 15) is 4.79 Å². The van der Waals surface area contributed by atoms with E-state index in [1.54, 1.807) is 37.2 Å². The van der Waals surface area contributed by atoms with Crippen molar-refractivity contribution in [1.29, 1.82) is 0 Å². The van der Waals surface area contributed by atoms with E-state index in [1.807, 2.05) is 6.92 Å². The van der Waals surface area contributed by atoms with Gasteiger partial charge in [0.1, 0.15) is 0 Å². The molecule has 0 aliphatic carbocycles. The first-order chi connectivity index (χ1) is 9.52. The summed E-state index contributed by atoms with van der Waals surface area (Å²) in [5.74, 6) is 0.941. The average Bonchev–Trinajstić information content (AvgIpc) is 2.89. The summed E-state index contributed by atoms with van der Waals surface area (Å²) in [7, 11) is 3.37. The Morgan fingerprint density at radius 3 is 2.90 bits per heavy atom. The van der Waals surface area contributed by atoms with Crippen LogP contribution in [0.25, 0.3) is 5.82 Å². The van der Waals surface area contributed by atoms with E-state index in [4.69, 9.17) is 0 Å². The van der Waals surface area contributed by atoms with Crippen molar-refractivity contribution in [1.82, 2.24) is 24.6 Å². The Labute approximate surface area is 125 Å². The molecule has 0 aliphatic rings. The summed E-state index contributed by atoms with van der Waals surface area (Å²) >= 11 is 3.38. The number of nitrogens with zero attached hydrogens (tertiary/aromatic N) is 5. The van der Waals surface area contributed by atoms with Crippen molar-refractivity contribution in [3.63, 3.8) is 0 Å². The fraction of sp³-hybridized carbons (Fsp3) is 0.333. The molecule has 106 valence electrons. The van der Waals surface area contributed by atoms with E-state index in [1.165, 1.54) is 4.90 Å². The monoisotopic (exact) mass is 338 g/mol. The number of nitrogens with one attached hydrogen (secondary N) is 1. The van der Waals surface area contributed by atoms with Gasteiger partial charge < -0.3 is 10.2 Å². The molecule has 2 rings (SSSR count). The number of hydrogen-bond donors (Lipinski definition) is 1. The highest BCUT2D eigenvalue weighted by Crippen LogP contribution is 2.19. The lowest BCUT2D eigenvalue weighted by Crippen LogP contribution is -2.22. The first-order valence-electron chi connectivity index (χ1n) is 6.07. The lowest BCUT2D eigenvalue weighted by atomic mass is 10.4.